The fourth-order valence-electron chi connectivity index (χ4n) is 1.78. The van der Waals surface area contributed by atoms with Crippen LogP contribution in [0.25, 0.3) is 6.08 Å². The van der Waals surface area contributed by atoms with E-state index in [0.717, 1.165) is 5.56 Å². The van der Waals surface area contributed by atoms with Crippen molar-refractivity contribution in [1.82, 2.24) is 14.7 Å². The molecule has 0 atom stereocenters. The highest BCUT2D eigenvalue weighted by molar-refractivity contribution is 5.91. The minimum Gasteiger partial charge on any atom is -0.338 e. The van der Waals surface area contributed by atoms with Crippen molar-refractivity contribution in [3.8, 4) is 0 Å². The molecule has 0 fully saturated rings. The third kappa shape index (κ3) is 3.54. The molecule has 4 nitrogen and oxygen atoms in total. The molecule has 1 heterocycles. The van der Waals surface area contributed by atoms with E-state index >= 15 is 0 Å². The van der Waals surface area contributed by atoms with Crippen LogP contribution in [-0.2, 0) is 18.4 Å². The van der Waals surface area contributed by atoms with Crippen LogP contribution in [0.5, 0.6) is 0 Å². The first-order valence-electron chi connectivity index (χ1n) is 6.21. The fraction of sp³-hybridized carbons (Fsp3) is 0.200. The average Bonchev–Trinajstić information content (AvgIpc) is 2.84. The first-order valence-corrected chi connectivity index (χ1v) is 6.21. The zero-order valence-corrected chi connectivity index (χ0v) is 11.5. The number of halogens is 1. The highest BCUT2D eigenvalue weighted by Crippen LogP contribution is 2.09. The van der Waals surface area contributed by atoms with E-state index < -0.39 is 0 Å². The van der Waals surface area contributed by atoms with Gasteiger partial charge in [0, 0.05) is 44.0 Å². The van der Waals surface area contributed by atoms with Gasteiger partial charge in [-0.25, -0.2) is 4.39 Å². The van der Waals surface area contributed by atoms with Crippen molar-refractivity contribution >= 4 is 12.0 Å². The minimum absolute atomic E-state index is 0.183. The summed E-state index contributed by atoms with van der Waals surface area (Å²) in [6.45, 7) is 0.239. The summed E-state index contributed by atoms with van der Waals surface area (Å²) in [5.74, 6) is -0.486. The Labute approximate surface area is 117 Å². The first-order chi connectivity index (χ1) is 9.56. The molecule has 2 rings (SSSR count). The summed E-state index contributed by atoms with van der Waals surface area (Å²) < 4.78 is 15.2. The number of aromatic nitrogens is 2. The van der Waals surface area contributed by atoms with Crippen molar-refractivity contribution in [3.05, 3.63) is 59.7 Å². The molecule has 5 heteroatoms. The van der Waals surface area contributed by atoms with Crippen LogP contribution in [0.2, 0.25) is 0 Å². The summed E-state index contributed by atoms with van der Waals surface area (Å²) in [5, 5.41) is 4.01. The molecule has 0 unspecified atom stereocenters. The van der Waals surface area contributed by atoms with Crippen LogP contribution in [0, 0.1) is 5.82 Å². The topological polar surface area (TPSA) is 38.1 Å². The zero-order valence-electron chi connectivity index (χ0n) is 11.5. The van der Waals surface area contributed by atoms with Crippen molar-refractivity contribution in [2.75, 3.05) is 7.05 Å². The van der Waals surface area contributed by atoms with Gasteiger partial charge >= 0.3 is 0 Å². The number of rotatable bonds is 4. The van der Waals surface area contributed by atoms with E-state index in [1.807, 2.05) is 7.05 Å². The van der Waals surface area contributed by atoms with E-state index in [4.69, 9.17) is 0 Å². The molecule has 0 radical (unpaired) electrons. The van der Waals surface area contributed by atoms with E-state index in [9.17, 15) is 9.18 Å². The van der Waals surface area contributed by atoms with Gasteiger partial charge in [-0.2, -0.15) is 5.10 Å². The molecule has 0 bridgehead atoms. The van der Waals surface area contributed by atoms with Crippen LogP contribution in [0.3, 0.4) is 0 Å². The Hall–Kier alpha value is -2.43. The lowest BCUT2D eigenvalue weighted by molar-refractivity contribution is -0.125. The van der Waals surface area contributed by atoms with E-state index in [2.05, 4.69) is 5.10 Å². The maximum Gasteiger partial charge on any atom is 0.246 e. The molecule has 1 amide bonds. The quantitative estimate of drug-likeness (QED) is 0.801. The van der Waals surface area contributed by atoms with E-state index in [0.29, 0.717) is 5.56 Å². The molecular formula is C15H16FN3O. The summed E-state index contributed by atoms with van der Waals surface area (Å²) in [6, 6.07) is 6.44. The smallest absolute Gasteiger partial charge is 0.246 e. The summed E-state index contributed by atoms with van der Waals surface area (Å²) in [5.41, 5.74) is 1.35. The summed E-state index contributed by atoms with van der Waals surface area (Å²) >= 11 is 0. The van der Waals surface area contributed by atoms with Gasteiger partial charge < -0.3 is 4.90 Å². The van der Waals surface area contributed by atoms with Gasteiger partial charge in [-0.05, 0) is 12.1 Å². The summed E-state index contributed by atoms with van der Waals surface area (Å²) in [6.07, 6.45) is 6.62. The second-order valence-electron chi connectivity index (χ2n) is 4.57. The number of aryl methyl sites for hydroxylation is 1. The molecule has 0 aliphatic rings. The van der Waals surface area contributed by atoms with Crippen molar-refractivity contribution in [2.45, 2.75) is 6.54 Å². The number of likely N-dealkylation sites (N-methyl/N-ethyl adjacent to an activating group) is 1. The lowest BCUT2D eigenvalue weighted by Gasteiger charge is -2.15. The number of hydrogen-bond donors (Lipinski definition) is 0. The van der Waals surface area contributed by atoms with Crippen molar-refractivity contribution in [2.24, 2.45) is 7.05 Å². The van der Waals surface area contributed by atoms with Crippen LogP contribution in [-0.4, -0.2) is 27.6 Å². The largest absolute Gasteiger partial charge is 0.338 e. The predicted molar refractivity (Wildman–Crippen MR) is 75.1 cm³/mol. The molecule has 0 spiro atoms. The normalized spacial score (nSPS) is 10.9. The third-order valence-electron chi connectivity index (χ3n) is 2.88. The van der Waals surface area contributed by atoms with Crippen LogP contribution < -0.4 is 0 Å². The van der Waals surface area contributed by atoms with E-state index in [1.54, 1.807) is 48.4 Å². The number of amides is 1. The Kier molecular flexibility index (Phi) is 4.30. The molecule has 0 saturated heterocycles. The van der Waals surface area contributed by atoms with Gasteiger partial charge in [0.15, 0.2) is 0 Å². The monoisotopic (exact) mass is 273 g/mol. The number of carbonyl (C=O) groups is 1. The molecule has 0 aliphatic heterocycles. The number of hydrogen-bond acceptors (Lipinski definition) is 2. The van der Waals surface area contributed by atoms with Crippen LogP contribution >= 0.6 is 0 Å². The van der Waals surface area contributed by atoms with Gasteiger partial charge in [0.25, 0.3) is 0 Å². The van der Waals surface area contributed by atoms with Gasteiger partial charge in [0.1, 0.15) is 5.82 Å². The van der Waals surface area contributed by atoms with Crippen molar-refractivity contribution in [1.29, 1.82) is 0 Å². The summed E-state index contributed by atoms with van der Waals surface area (Å²) in [4.78, 5) is 13.4. The Balaban J connectivity index is 1.99. The standard InChI is InChI=1S/C15H16FN3O/c1-18(11-13-5-3-4-6-14(13)16)15(20)8-7-12-9-17-19(2)10-12/h3-10H,11H2,1-2H3/b8-7+. The Morgan fingerprint density at radius 1 is 1.45 bits per heavy atom. The second-order valence-corrected chi connectivity index (χ2v) is 4.57. The number of carbonyl (C=O) groups excluding carboxylic acids is 1. The number of benzene rings is 1. The van der Waals surface area contributed by atoms with Crippen LogP contribution in [0.1, 0.15) is 11.1 Å². The highest BCUT2D eigenvalue weighted by atomic mass is 19.1. The van der Waals surface area contributed by atoms with Gasteiger partial charge in [-0.1, -0.05) is 18.2 Å². The zero-order chi connectivity index (χ0) is 14.5. The fourth-order valence-corrected chi connectivity index (χ4v) is 1.78. The van der Waals surface area contributed by atoms with Gasteiger partial charge in [0.05, 0.1) is 6.20 Å². The third-order valence-corrected chi connectivity index (χ3v) is 2.88. The first kappa shape index (κ1) is 14.0. The van der Waals surface area contributed by atoms with E-state index in [1.165, 1.54) is 17.0 Å². The molecule has 1 aromatic heterocycles. The van der Waals surface area contributed by atoms with Gasteiger partial charge in [-0.3, -0.25) is 9.48 Å². The molecule has 20 heavy (non-hydrogen) atoms. The van der Waals surface area contributed by atoms with Gasteiger partial charge in [0.2, 0.25) is 5.91 Å². The Morgan fingerprint density at radius 2 is 2.20 bits per heavy atom. The molecule has 0 aliphatic carbocycles. The van der Waals surface area contributed by atoms with Crippen molar-refractivity contribution in [3.63, 3.8) is 0 Å². The lowest BCUT2D eigenvalue weighted by atomic mass is 10.2. The van der Waals surface area contributed by atoms with Crippen molar-refractivity contribution < 1.29 is 9.18 Å². The molecule has 1 aromatic carbocycles. The molecule has 104 valence electrons. The molecule has 0 saturated carbocycles. The predicted octanol–water partition coefficient (Wildman–Crippen LogP) is 2.23. The minimum atomic E-state index is -0.302. The molecule has 2 aromatic rings. The Bertz CT molecular complexity index is 634. The molecule has 0 N–H and O–H groups in total. The summed E-state index contributed by atoms with van der Waals surface area (Å²) in [7, 11) is 3.45. The maximum absolute atomic E-state index is 13.5. The average molecular weight is 273 g/mol. The SMILES string of the molecule is CN(Cc1ccccc1F)C(=O)/C=C/c1cnn(C)c1. The maximum atomic E-state index is 13.5. The molecular weight excluding hydrogens is 257 g/mol. The highest BCUT2D eigenvalue weighted by Gasteiger charge is 2.08. The Morgan fingerprint density at radius 3 is 2.85 bits per heavy atom. The van der Waals surface area contributed by atoms with Crippen LogP contribution in [0.4, 0.5) is 4.39 Å². The second kappa shape index (κ2) is 6.14. The van der Waals surface area contributed by atoms with E-state index in [-0.39, 0.29) is 18.3 Å². The van der Waals surface area contributed by atoms with Gasteiger partial charge in [-0.15, -0.1) is 0 Å². The van der Waals surface area contributed by atoms with Crippen LogP contribution in [0.15, 0.2) is 42.7 Å². The lowest BCUT2D eigenvalue weighted by Crippen LogP contribution is -2.24. The number of nitrogens with zero attached hydrogens (tertiary/aromatic N) is 3.